The lowest BCUT2D eigenvalue weighted by atomic mass is 10.1. The number of rotatable bonds is 72. The summed E-state index contributed by atoms with van der Waals surface area (Å²) in [5.41, 5.74) is 14.9. The van der Waals surface area contributed by atoms with Crippen molar-refractivity contribution < 1.29 is 119 Å². The summed E-state index contributed by atoms with van der Waals surface area (Å²) in [4.78, 5) is 98.3. The van der Waals surface area contributed by atoms with Gasteiger partial charge >= 0.3 is 0 Å². The van der Waals surface area contributed by atoms with Crippen LogP contribution in [0.5, 0.6) is 0 Å². The first-order valence-electron chi connectivity index (χ1n) is 31.9. The van der Waals surface area contributed by atoms with Gasteiger partial charge in [0.05, 0.1) is 238 Å². The number of methoxy groups -OCH3 is 1. The second-order valence-electron chi connectivity index (χ2n) is 19.3. The Hall–Kier alpha value is -4.30. The SMILES string of the molecule is CN.COCCOCCOCCOCCOCCOCCOCCOCCOCCOCCOCCOCCOCCC(=O)NCCCC[C@H](NC(=O)CNC(=O)CNC(=O)CN)C(=O)N[C@@H](CS)C(=O)NCCOCCOCCOCCOCCC(=O)N[C@@H](CS)C(N)=O. The summed E-state index contributed by atoms with van der Waals surface area (Å²) >= 11 is 8.21. The molecule has 3 atom stereocenters. The van der Waals surface area contributed by atoms with Crippen molar-refractivity contribution in [3.05, 3.63) is 0 Å². The minimum atomic E-state index is -1.13. The highest BCUT2D eigenvalue weighted by Crippen LogP contribution is 2.04. The first-order chi connectivity index (χ1) is 46.4. The highest BCUT2D eigenvalue weighted by molar-refractivity contribution is 7.80. The molecule has 13 N–H and O–H groups in total. The van der Waals surface area contributed by atoms with E-state index in [-0.39, 0.29) is 122 Å². The van der Waals surface area contributed by atoms with Crippen molar-refractivity contribution >= 4 is 72.5 Å². The molecule has 0 fully saturated rings. The Bertz CT molecular complexity index is 1860. The van der Waals surface area contributed by atoms with E-state index in [0.29, 0.717) is 171 Å². The molecule has 0 aromatic rings. The molecule has 8 amide bonds. The zero-order valence-electron chi connectivity index (χ0n) is 55.9. The molecule has 0 saturated heterocycles. The molecule has 0 aromatic heterocycles. The van der Waals surface area contributed by atoms with Gasteiger partial charge in [0.15, 0.2) is 0 Å². The fourth-order valence-corrected chi connectivity index (χ4v) is 7.39. The third-order valence-corrected chi connectivity index (χ3v) is 12.5. The quantitative estimate of drug-likeness (QED) is 0.0200. The molecule has 35 nitrogen and oxygen atoms in total. The number of carbonyl (C=O) groups is 8. The number of thiol groups is 2. The van der Waals surface area contributed by atoms with Crippen LogP contribution in [0.2, 0.25) is 0 Å². The highest BCUT2D eigenvalue weighted by atomic mass is 32.1. The maximum Gasteiger partial charge on any atom is 0.243 e. The van der Waals surface area contributed by atoms with Crippen molar-refractivity contribution in [2.45, 2.75) is 50.2 Å². The van der Waals surface area contributed by atoms with Gasteiger partial charge in [0.1, 0.15) is 18.1 Å². The van der Waals surface area contributed by atoms with Crippen molar-refractivity contribution in [1.82, 2.24) is 37.2 Å². The van der Waals surface area contributed by atoms with Crippen LogP contribution in [-0.2, 0) is 119 Å². The van der Waals surface area contributed by atoms with Crippen LogP contribution in [0.15, 0.2) is 0 Å². The first kappa shape index (κ1) is 92.8. The Morgan fingerprint density at radius 1 is 0.326 bits per heavy atom. The summed E-state index contributed by atoms with van der Waals surface area (Å²) in [6.07, 6.45) is 1.08. The van der Waals surface area contributed by atoms with Crippen LogP contribution in [0.25, 0.3) is 0 Å². The largest absolute Gasteiger partial charge is 0.382 e. The van der Waals surface area contributed by atoms with Gasteiger partial charge in [-0.25, -0.2) is 0 Å². The summed E-state index contributed by atoms with van der Waals surface area (Å²) in [7, 11) is 3.13. The van der Waals surface area contributed by atoms with E-state index < -0.39 is 66.7 Å². The van der Waals surface area contributed by atoms with Gasteiger partial charge in [0, 0.05) is 44.5 Å². The number of primary amides is 1. The van der Waals surface area contributed by atoms with Gasteiger partial charge in [-0.2, -0.15) is 25.3 Å². The third-order valence-electron chi connectivity index (χ3n) is 11.8. The summed E-state index contributed by atoms with van der Waals surface area (Å²) in [6.45, 7) is 12.0. The highest BCUT2D eigenvalue weighted by Gasteiger charge is 2.26. The minimum absolute atomic E-state index is 0.0505. The van der Waals surface area contributed by atoms with Gasteiger partial charge in [0.2, 0.25) is 47.3 Å². The van der Waals surface area contributed by atoms with Crippen LogP contribution in [-0.4, -0.2) is 342 Å². The van der Waals surface area contributed by atoms with Gasteiger partial charge in [-0.1, -0.05) is 0 Å². The molecule has 0 aliphatic heterocycles. The van der Waals surface area contributed by atoms with Crippen molar-refractivity contribution in [1.29, 1.82) is 0 Å². The molecule has 0 rings (SSSR count). The van der Waals surface area contributed by atoms with Gasteiger partial charge < -0.3 is 135 Å². The molecule has 0 unspecified atom stereocenters. The second-order valence-corrected chi connectivity index (χ2v) is 20.0. The van der Waals surface area contributed by atoms with Gasteiger partial charge in [0.25, 0.3) is 0 Å². The summed E-state index contributed by atoms with van der Waals surface area (Å²) in [6, 6.07) is -3.06. The van der Waals surface area contributed by atoms with Gasteiger partial charge in [-0.3, -0.25) is 38.4 Å². The van der Waals surface area contributed by atoms with E-state index in [1.807, 2.05) is 0 Å². The van der Waals surface area contributed by atoms with Crippen LogP contribution < -0.4 is 54.4 Å². The molecule has 95 heavy (non-hydrogen) atoms. The fraction of sp³-hybridized carbons (Fsp3) is 0.862. The smallest absolute Gasteiger partial charge is 0.243 e. The average molecular weight is 1420 g/mol. The summed E-state index contributed by atoms with van der Waals surface area (Å²) < 4.78 is 92.4. The number of unbranched alkanes of at least 4 members (excludes halogenated alkanes) is 1. The third kappa shape index (κ3) is 66.7. The topological polar surface area (TPSA) is 456 Å². The molecule has 0 saturated carbocycles. The summed E-state index contributed by atoms with van der Waals surface area (Å²) in [5, 5.41) is 17.7. The van der Waals surface area contributed by atoms with E-state index in [0.717, 1.165) is 0 Å². The van der Waals surface area contributed by atoms with E-state index in [1.165, 1.54) is 7.05 Å². The molecule has 0 aliphatic carbocycles. The molecule has 0 aromatic carbocycles. The maximum atomic E-state index is 13.5. The standard InChI is InChI=1S/C57H109N9O25S2.CH5N/c1-75-12-13-79-20-21-83-26-27-85-30-31-87-34-35-89-38-39-91-41-40-90-37-36-88-33-32-86-29-28-84-25-23-80-17-14-76-9-5-50(67)60-7-3-2-4-47(64-54(71)44-63-53(70)43-62-52(69)42-58)57(74)66-49(46-93)56(73)61-8-11-78-16-19-82-24-22-81-18-15-77-10-6-51(68)65-48(45-92)55(59)72;1-2/h47-49,92-93H,2-46,58H2,1H3,(H2,59,72)(H,60,67)(H,61,73)(H,62,69)(H,63,70)(H,64,71)(H,65,68)(H,66,74);2H2,1H3/t47-,48-,49-;/m0./s1. The lowest BCUT2D eigenvalue weighted by Gasteiger charge is -2.22. The first-order valence-corrected chi connectivity index (χ1v) is 33.1. The maximum absolute atomic E-state index is 13.5. The average Bonchev–Trinajstić information content (AvgIpc) is 3.51. The fourth-order valence-electron chi connectivity index (χ4n) is 6.86. The van der Waals surface area contributed by atoms with Crippen LogP contribution in [0.1, 0.15) is 32.1 Å². The predicted octanol–water partition coefficient (Wildman–Crippen LogP) is -5.35. The van der Waals surface area contributed by atoms with Crippen LogP contribution >= 0.6 is 25.3 Å². The normalized spacial score (nSPS) is 12.0. The van der Waals surface area contributed by atoms with E-state index in [2.05, 4.69) is 68.2 Å². The Balaban J connectivity index is 0. The molecule has 0 aliphatic rings. The van der Waals surface area contributed by atoms with Crippen molar-refractivity contribution in [2.75, 3.05) is 276 Å². The number of nitrogens with one attached hydrogen (secondary N) is 7. The predicted molar refractivity (Wildman–Crippen MR) is 352 cm³/mol. The van der Waals surface area contributed by atoms with Gasteiger partial charge in [-0.05, 0) is 26.3 Å². The van der Waals surface area contributed by atoms with E-state index in [4.69, 9.17) is 92.0 Å². The van der Waals surface area contributed by atoms with Crippen molar-refractivity contribution in [3.8, 4) is 0 Å². The molecule has 0 radical (unpaired) electrons. The van der Waals surface area contributed by atoms with Crippen LogP contribution in [0, 0.1) is 0 Å². The zero-order chi connectivity index (χ0) is 70.1. The van der Waals surface area contributed by atoms with E-state index in [9.17, 15) is 38.4 Å². The molecule has 0 heterocycles. The second kappa shape index (κ2) is 73.9. The lowest BCUT2D eigenvalue weighted by molar-refractivity contribution is -0.132. The van der Waals surface area contributed by atoms with Crippen molar-refractivity contribution in [2.24, 2.45) is 17.2 Å². The monoisotopic (exact) mass is 1410 g/mol. The molecule has 558 valence electrons. The Labute approximate surface area is 570 Å². The molecule has 37 heteroatoms. The zero-order valence-corrected chi connectivity index (χ0v) is 57.7. The molecular weight excluding hydrogens is 1300 g/mol. The van der Waals surface area contributed by atoms with Crippen LogP contribution in [0.4, 0.5) is 0 Å². The molecule has 0 spiro atoms. The minimum Gasteiger partial charge on any atom is -0.382 e. The van der Waals surface area contributed by atoms with E-state index in [1.54, 1.807) is 7.11 Å². The number of hydrogen-bond donors (Lipinski definition) is 12. The number of ether oxygens (including phenoxy) is 17. The lowest BCUT2D eigenvalue weighted by Crippen LogP contribution is -2.55. The van der Waals surface area contributed by atoms with Crippen LogP contribution in [0.3, 0.4) is 0 Å². The number of carbonyl (C=O) groups excluding carboxylic acids is 8. The Morgan fingerprint density at radius 3 is 1.01 bits per heavy atom. The Morgan fingerprint density at radius 2 is 0.653 bits per heavy atom. The number of amides is 8. The number of nitrogens with two attached hydrogens (primary N) is 3. The molecular formula is C58H114N10O25S2. The number of hydrogen-bond acceptors (Lipinski definition) is 29. The van der Waals surface area contributed by atoms with Gasteiger partial charge in [-0.15, -0.1) is 0 Å². The Kier molecular flexibility index (Phi) is 72.2. The summed E-state index contributed by atoms with van der Waals surface area (Å²) in [5.74, 6) is -4.43. The van der Waals surface area contributed by atoms with Crippen molar-refractivity contribution in [3.63, 3.8) is 0 Å². The van der Waals surface area contributed by atoms with E-state index >= 15 is 0 Å². The molecule has 0 bridgehead atoms.